The quantitative estimate of drug-likeness (QED) is 0.828. The van der Waals surface area contributed by atoms with E-state index >= 15 is 0 Å². The Kier molecular flexibility index (Phi) is 3.45. The van der Waals surface area contributed by atoms with Gasteiger partial charge in [0.05, 0.1) is 17.2 Å². The predicted molar refractivity (Wildman–Crippen MR) is 72.9 cm³/mol. The lowest BCUT2D eigenvalue weighted by Gasteiger charge is -2.17. The average Bonchev–Trinajstić information content (AvgIpc) is 2.83. The fraction of sp³-hybridized carbons (Fsp3) is 0.143. The van der Waals surface area contributed by atoms with E-state index in [9.17, 15) is 4.79 Å². The zero-order valence-electron chi connectivity index (χ0n) is 10.2. The van der Waals surface area contributed by atoms with Crippen LogP contribution in [0.1, 0.15) is 21.5 Å². The zero-order valence-corrected chi connectivity index (χ0v) is 11.0. The Morgan fingerprint density at radius 3 is 2.78 bits per heavy atom. The van der Waals surface area contributed by atoms with Crippen LogP contribution in [-0.2, 0) is 0 Å². The molecule has 0 saturated carbocycles. The van der Waals surface area contributed by atoms with Crippen LogP contribution in [0.15, 0.2) is 35.0 Å². The van der Waals surface area contributed by atoms with Gasteiger partial charge in [0.2, 0.25) is 0 Å². The normalized spacial score (nSPS) is 9.83. The van der Waals surface area contributed by atoms with Crippen molar-refractivity contribution in [2.24, 2.45) is 0 Å². The molecule has 0 fully saturated rings. The zero-order chi connectivity index (χ0) is 13.1. The Bertz CT molecular complexity index is 625. The van der Waals surface area contributed by atoms with Crippen molar-refractivity contribution in [3.05, 3.63) is 51.7 Å². The highest BCUT2D eigenvalue weighted by molar-refractivity contribution is 7.08. The molecule has 0 atom stereocenters. The number of carbonyl (C=O) groups excluding carboxylic acids is 1. The first-order valence-electron chi connectivity index (χ1n) is 5.44. The molecule has 1 aromatic carbocycles. The van der Waals surface area contributed by atoms with Crippen LogP contribution in [-0.4, -0.2) is 13.0 Å². The molecule has 1 aromatic heterocycles. The molecule has 3 nitrogen and oxygen atoms in total. The summed E-state index contributed by atoms with van der Waals surface area (Å²) >= 11 is 1.51. The number of carbonyl (C=O) groups is 1. The van der Waals surface area contributed by atoms with E-state index in [0.717, 1.165) is 11.3 Å². The van der Waals surface area contributed by atoms with Crippen LogP contribution in [0.3, 0.4) is 0 Å². The summed E-state index contributed by atoms with van der Waals surface area (Å²) in [6.07, 6.45) is 0. The van der Waals surface area contributed by atoms with Gasteiger partial charge in [-0.1, -0.05) is 6.07 Å². The highest BCUT2D eigenvalue weighted by atomic mass is 32.1. The van der Waals surface area contributed by atoms with Crippen molar-refractivity contribution in [2.45, 2.75) is 6.92 Å². The van der Waals surface area contributed by atoms with Gasteiger partial charge in [-0.15, -0.1) is 0 Å². The van der Waals surface area contributed by atoms with E-state index in [4.69, 9.17) is 5.26 Å². The number of anilines is 1. The van der Waals surface area contributed by atoms with Gasteiger partial charge in [-0.3, -0.25) is 4.79 Å². The monoisotopic (exact) mass is 256 g/mol. The van der Waals surface area contributed by atoms with Gasteiger partial charge in [0.25, 0.3) is 5.91 Å². The van der Waals surface area contributed by atoms with Gasteiger partial charge in [-0.05, 0) is 36.1 Å². The molecule has 90 valence electrons. The molecule has 0 aliphatic rings. The molecule has 0 radical (unpaired) electrons. The Labute approximate surface area is 110 Å². The lowest BCUT2D eigenvalue weighted by atomic mass is 10.1. The van der Waals surface area contributed by atoms with Crippen LogP contribution in [0, 0.1) is 18.3 Å². The SMILES string of the molecule is Cc1cscc1C(=O)N(C)c1cccc(C#N)c1. The van der Waals surface area contributed by atoms with Crippen molar-refractivity contribution in [2.75, 3.05) is 11.9 Å². The first kappa shape index (κ1) is 12.3. The fourth-order valence-electron chi connectivity index (χ4n) is 1.66. The number of hydrogen-bond donors (Lipinski definition) is 0. The van der Waals surface area contributed by atoms with E-state index in [0.29, 0.717) is 11.1 Å². The molecule has 18 heavy (non-hydrogen) atoms. The maximum Gasteiger partial charge on any atom is 0.259 e. The topological polar surface area (TPSA) is 44.1 Å². The number of thiophene rings is 1. The van der Waals surface area contributed by atoms with Crippen LogP contribution in [0.2, 0.25) is 0 Å². The fourth-order valence-corrected chi connectivity index (χ4v) is 2.48. The van der Waals surface area contributed by atoms with Crippen LogP contribution in [0.5, 0.6) is 0 Å². The largest absolute Gasteiger partial charge is 0.311 e. The molecule has 4 heteroatoms. The molecule has 0 unspecified atom stereocenters. The summed E-state index contributed by atoms with van der Waals surface area (Å²) in [6, 6.07) is 9.10. The van der Waals surface area contributed by atoms with Crippen molar-refractivity contribution in [1.29, 1.82) is 5.26 Å². The number of hydrogen-bond acceptors (Lipinski definition) is 3. The van der Waals surface area contributed by atoms with E-state index < -0.39 is 0 Å². The van der Waals surface area contributed by atoms with Gasteiger partial charge in [0.1, 0.15) is 0 Å². The van der Waals surface area contributed by atoms with Crippen LogP contribution in [0.25, 0.3) is 0 Å². The molecule has 0 spiro atoms. The van der Waals surface area contributed by atoms with Gasteiger partial charge in [-0.25, -0.2) is 0 Å². The lowest BCUT2D eigenvalue weighted by molar-refractivity contribution is 0.0993. The number of rotatable bonds is 2. The summed E-state index contributed by atoms with van der Waals surface area (Å²) < 4.78 is 0. The van der Waals surface area contributed by atoms with Gasteiger partial charge in [0, 0.05) is 18.1 Å². The molecule has 1 heterocycles. The molecule has 0 bridgehead atoms. The number of nitriles is 1. The highest BCUT2D eigenvalue weighted by Crippen LogP contribution is 2.20. The molecule has 0 N–H and O–H groups in total. The van der Waals surface area contributed by atoms with Crippen molar-refractivity contribution in [3.63, 3.8) is 0 Å². The summed E-state index contributed by atoms with van der Waals surface area (Å²) in [7, 11) is 1.72. The lowest BCUT2D eigenvalue weighted by Crippen LogP contribution is -2.26. The van der Waals surface area contributed by atoms with E-state index in [1.54, 1.807) is 30.1 Å². The van der Waals surface area contributed by atoms with Gasteiger partial charge in [-0.2, -0.15) is 16.6 Å². The molecule has 0 aliphatic carbocycles. The van der Waals surface area contributed by atoms with E-state index in [1.807, 2.05) is 23.8 Å². The van der Waals surface area contributed by atoms with Crippen LogP contribution < -0.4 is 4.90 Å². The first-order valence-corrected chi connectivity index (χ1v) is 6.39. The second-order valence-electron chi connectivity index (χ2n) is 3.99. The van der Waals surface area contributed by atoms with E-state index in [-0.39, 0.29) is 5.91 Å². The Morgan fingerprint density at radius 2 is 2.17 bits per heavy atom. The second-order valence-corrected chi connectivity index (χ2v) is 4.74. The van der Waals surface area contributed by atoms with Crippen molar-refractivity contribution in [3.8, 4) is 6.07 Å². The summed E-state index contributed by atoms with van der Waals surface area (Å²) in [4.78, 5) is 13.8. The van der Waals surface area contributed by atoms with Gasteiger partial charge in [0.15, 0.2) is 0 Å². The third-order valence-electron chi connectivity index (χ3n) is 2.75. The number of amides is 1. The van der Waals surface area contributed by atoms with E-state index in [1.165, 1.54) is 11.3 Å². The maximum absolute atomic E-state index is 12.3. The summed E-state index contributed by atoms with van der Waals surface area (Å²) in [5.41, 5.74) is 2.97. The Morgan fingerprint density at radius 1 is 1.39 bits per heavy atom. The number of benzene rings is 1. The predicted octanol–water partition coefficient (Wildman–Crippen LogP) is 3.20. The third-order valence-corrected chi connectivity index (χ3v) is 3.61. The smallest absolute Gasteiger partial charge is 0.259 e. The summed E-state index contributed by atoms with van der Waals surface area (Å²) in [6.45, 7) is 1.92. The summed E-state index contributed by atoms with van der Waals surface area (Å²) in [5.74, 6) is -0.0520. The molecule has 1 amide bonds. The molecule has 0 aliphatic heterocycles. The average molecular weight is 256 g/mol. The first-order chi connectivity index (χ1) is 8.63. The maximum atomic E-state index is 12.3. The van der Waals surface area contributed by atoms with Crippen LogP contribution in [0.4, 0.5) is 5.69 Å². The summed E-state index contributed by atoms with van der Waals surface area (Å²) in [5, 5.41) is 12.7. The van der Waals surface area contributed by atoms with Crippen LogP contribution >= 0.6 is 11.3 Å². The Hall–Kier alpha value is -2.12. The highest BCUT2D eigenvalue weighted by Gasteiger charge is 2.16. The molecule has 2 rings (SSSR count). The minimum Gasteiger partial charge on any atom is -0.311 e. The molecule has 2 aromatic rings. The number of nitrogens with zero attached hydrogens (tertiary/aromatic N) is 2. The Balaban J connectivity index is 2.32. The minimum atomic E-state index is -0.0520. The van der Waals surface area contributed by atoms with Crippen molar-refractivity contribution >= 4 is 22.9 Å². The number of aryl methyl sites for hydroxylation is 1. The second kappa shape index (κ2) is 5.03. The van der Waals surface area contributed by atoms with Crippen molar-refractivity contribution < 1.29 is 4.79 Å². The minimum absolute atomic E-state index is 0.0520. The van der Waals surface area contributed by atoms with Crippen molar-refractivity contribution in [1.82, 2.24) is 0 Å². The molecular weight excluding hydrogens is 244 g/mol. The molecular formula is C14H12N2OS. The van der Waals surface area contributed by atoms with E-state index in [2.05, 4.69) is 6.07 Å². The standard InChI is InChI=1S/C14H12N2OS/c1-10-8-18-9-13(10)14(17)16(2)12-5-3-4-11(6-12)7-15/h3-6,8-9H,1-2H3. The molecule has 0 saturated heterocycles. The van der Waals surface area contributed by atoms with Gasteiger partial charge >= 0.3 is 0 Å². The van der Waals surface area contributed by atoms with Gasteiger partial charge < -0.3 is 4.90 Å². The third kappa shape index (κ3) is 2.27.